The number of hydrogen-bond acceptors (Lipinski definition) is 4. The van der Waals surface area contributed by atoms with Gasteiger partial charge in [0.15, 0.2) is 0 Å². The van der Waals surface area contributed by atoms with E-state index in [9.17, 15) is 4.79 Å². The number of aromatic nitrogens is 2. The van der Waals surface area contributed by atoms with Crippen LogP contribution in [0.4, 0.5) is 0 Å². The Kier molecular flexibility index (Phi) is 6.34. The average Bonchev–Trinajstić information content (AvgIpc) is 2.83. The maximum absolute atomic E-state index is 12.7. The van der Waals surface area contributed by atoms with Crippen molar-refractivity contribution in [3.63, 3.8) is 0 Å². The van der Waals surface area contributed by atoms with Crippen LogP contribution in [0.3, 0.4) is 0 Å². The van der Waals surface area contributed by atoms with E-state index in [1.165, 1.54) is 5.56 Å². The number of rotatable bonds is 6. The first-order chi connectivity index (χ1) is 12.7. The van der Waals surface area contributed by atoms with Gasteiger partial charge in [0.2, 0.25) is 5.91 Å². The normalized spacial score (nSPS) is 18.8. The molecule has 1 saturated heterocycles. The van der Waals surface area contributed by atoms with Gasteiger partial charge in [0.05, 0.1) is 0 Å². The fraction of sp³-hybridized carbons (Fsp3) is 0.476. The molecule has 5 nitrogen and oxygen atoms in total. The first kappa shape index (κ1) is 18.5. The Balaban J connectivity index is 1.69. The van der Waals surface area contributed by atoms with Crippen LogP contribution in [0.5, 0.6) is 0 Å². The number of aryl methyl sites for hydroxylation is 1. The maximum atomic E-state index is 12.7. The molecule has 1 amide bonds. The van der Waals surface area contributed by atoms with Crippen LogP contribution in [0.25, 0.3) is 0 Å². The van der Waals surface area contributed by atoms with Crippen LogP contribution >= 0.6 is 0 Å². The van der Waals surface area contributed by atoms with E-state index in [1.54, 1.807) is 0 Å². The van der Waals surface area contributed by atoms with Gasteiger partial charge in [-0.2, -0.15) is 0 Å². The minimum absolute atomic E-state index is 0.237. The molecule has 2 heterocycles. The lowest BCUT2D eigenvalue weighted by Gasteiger charge is -2.31. The first-order valence-corrected chi connectivity index (χ1v) is 9.55. The van der Waals surface area contributed by atoms with Crippen molar-refractivity contribution >= 4 is 5.91 Å². The zero-order valence-electron chi connectivity index (χ0n) is 15.8. The number of benzene rings is 1. The second-order valence-corrected chi connectivity index (χ2v) is 6.92. The molecule has 0 unspecified atom stereocenters. The first-order valence-electron chi connectivity index (χ1n) is 9.55. The molecule has 3 rings (SSSR count). The summed E-state index contributed by atoms with van der Waals surface area (Å²) in [6, 6.07) is 10.5. The van der Waals surface area contributed by atoms with Crippen LogP contribution in [0.2, 0.25) is 0 Å². The third-order valence-corrected chi connectivity index (χ3v) is 5.02. The van der Waals surface area contributed by atoms with Gasteiger partial charge in [-0.3, -0.25) is 9.69 Å². The largest absolute Gasteiger partial charge is 0.334 e. The van der Waals surface area contributed by atoms with E-state index in [2.05, 4.69) is 45.7 Å². The van der Waals surface area contributed by atoms with E-state index in [-0.39, 0.29) is 11.9 Å². The molecule has 0 N–H and O–H groups in total. The van der Waals surface area contributed by atoms with Gasteiger partial charge in [-0.05, 0) is 12.0 Å². The average molecular weight is 352 g/mol. The summed E-state index contributed by atoms with van der Waals surface area (Å²) in [5.41, 5.74) is 2.30. The number of nitrogens with zero attached hydrogens (tertiary/aromatic N) is 4. The molecule has 0 radical (unpaired) electrons. The highest BCUT2D eigenvalue weighted by Crippen LogP contribution is 2.19. The van der Waals surface area contributed by atoms with Gasteiger partial charge in [-0.25, -0.2) is 9.97 Å². The summed E-state index contributed by atoms with van der Waals surface area (Å²) >= 11 is 0. The Morgan fingerprint density at radius 1 is 1.04 bits per heavy atom. The van der Waals surface area contributed by atoms with Gasteiger partial charge < -0.3 is 4.90 Å². The van der Waals surface area contributed by atoms with Crippen LogP contribution in [-0.2, 0) is 24.3 Å². The predicted octanol–water partition coefficient (Wildman–Crippen LogP) is 3.05. The number of hydrogen-bond donors (Lipinski definition) is 0. The van der Waals surface area contributed by atoms with Crippen molar-refractivity contribution in [3.8, 4) is 0 Å². The summed E-state index contributed by atoms with van der Waals surface area (Å²) in [7, 11) is 0. The molecule has 1 aliphatic heterocycles. The second-order valence-electron chi connectivity index (χ2n) is 6.92. The van der Waals surface area contributed by atoms with E-state index in [0.717, 1.165) is 43.9 Å². The van der Waals surface area contributed by atoms with Gasteiger partial charge in [0, 0.05) is 63.0 Å². The smallest absolute Gasteiger partial charge is 0.224 e. The van der Waals surface area contributed by atoms with Crippen LogP contribution in [0.15, 0.2) is 42.7 Å². The molecule has 138 valence electrons. The highest BCUT2D eigenvalue weighted by atomic mass is 16.2. The van der Waals surface area contributed by atoms with Crippen LogP contribution in [0.1, 0.15) is 43.6 Å². The van der Waals surface area contributed by atoms with Gasteiger partial charge in [-0.1, -0.05) is 44.2 Å². The minimum atomic E-state index is 0.237. The lowest BCUT2D eigenvalue weighted by Crippen LogP contribution is -2.42. The molecule has 0 spiro atoms. The van der Waals surface area contributed by atoms with Gasteiger partial charge in [0.1, 0.15) is 5.82 Å². The SMILES string of the molecule is CCc1ncc(CN2CCC(=O)N(Cc3ccccc3)[C@H](CC)C2)cn1. The quantitative estimate of drug-likeness (QED) is 0.802. The minimum Gasteiger partial charge on any atom is -0.334 e. The number of amides is 1. The lowest BCUT2D eigenvalue weighted by atomic mass is 10.1. The van der Waals surface area contributed by atoms with Crippen molar-refractivity contribution in [2.45, 2.75) is 52.2 Å². The summed E-state index contributed by atoms with van der Waals surface area (Å²) in [6.45, 7) is 7.40. The molecule has 5 heteroatoms. The highest BCUT2D eigenvalue weighted by molar-refractivity contribution is 5.77. The van der Waals surface area contributed by atoms with Gasteiger partial charge in [0.25, 0.3) is 0 Å². The summed E-state index contributed by atoms with van der Waals surface area (Å²) in [6.07, 6.45) is 6.21. The zero-order valence-corrected chi connectivity index (χ0v) is 15.8. The topological polar surface area (TPSA) is 49.3 Å². The molecule has 1 fully saturated rings. The predicted molar refractivity (Wildman–Crippen MR) is 102 cm³/mol. The summed E-state index contributed by atoms with van der Waals surface area (Å²) < 4.78 is 0. The standard InChI is InChI=1S/C21H28N4O/c1-3-19-16-24(14-18-12-22-20(4-2)23-13-18)11-10-21(26)25(19)15-17-8-6-5-7-9-17/h5-9,12-13,19H,3-4,10-11,14-16H2,1-2H3/t19-/m1/s1. The fourth-order valence-electron chi connectivity index (χ4n) is 3.48. The van der Waals surface area contributed by atoms with E-state index in [4.69, 9.17) is 0 Å². The fourth-order valence-corrected chi connectivity index (χ4v) is 3.48. The molecular weight excluding hydrogens is 324 g/mol. The molecule has 1 aromatic carbocycles. The Hall–Kier alpha value is -2.27. The molecule has 1 aliphatic rings. The molecule has 2 aromatic rings. The lowest BCUT2D eigenvalue weighted by molar-refractivity contribution is -0.133. The Labute approximate surface area is 156 Å². The molecular formula is C21H28N4O. The molecule has 0 saturated carbocycles. The van der Waals surface area contributed by atoms with Crippen LogP contribution in [-0.4, -0.2) is 44.8 Å². The number of carbonyl (C=O) groups excluding carboxylic acids is 1. The summed E-state index contributed by atoms with van der Waals surface area (Å²) in [5, 5.41) is 0. The monoisotopic (exact) mass is 352 g/mol. The molecule has 1 aromatic heterocycles. The Bertz CT molecular complexity index is 702. The van der Waals surface area contributed by atoms with Crippen molar-refractivity contribution in [1.82, 2.24) is 19.8 Å². The van der Waals surface area contributed by atoms with Crippen molar-refractivity contribution in [2.24, 2.45) is 0 Å². The van der Waals surface area contributed by atoms with E-state index >= 15 is 0 Å². The van der Waals surface area contributed by atoms with Crippen molar-refractivity contribution in [1.29, 1.82) is 0 Å². The third-order valence-electron chi connectivity index (χ3n) is 5.02. The Morgan fingerprint density at radius 2 is 1.77 bits per heavy atom. The van der Waals surface area contributed by atoms with E-state index in [0.29, 0.717) is 13.0 Å². The van der Waals surface area contributed by atoms with Crippen molar-refractivity contribution in [3.05, 3.63) is 59.7 Å². The third kappa shape index (κ3) is 4.67. The molecule has 26 heavy (non-hydrogen) atoms. The maximum Gasteiger partial charge on any atom is 0.224 e. The van der Waals surface area contributed by atoms with Crippen LogP contribution in [0, 0.1) is 0 Å². The molecule has 0 bridgehead atoms. The van der Waals surface area contributed by atoms with Gasteiger partial charge >= 0.3 is 0 Å². The summed E-state index contributed by atoms with van der Waals surface area (Å²) in [5.74, 6) is 1.13. The highest BCUT2D eigenvalue weighted by Gasteiger charge is 2.28. The second kappa shape index (κ2) is 8.90. The van der Waals surface area contributed by atoms with Crippen molar-refractivity contribution < 1.29 is 4.79 Å². The zero-order chi connectivity index (χ0) is 18.4. The Morgan fingerprint density at radius 3 is 2.42 bits per heavy atom. The number of carbonyl (C=O) groups is 1. The van der Waals surface area contributed by atoms with Crippen molar-refractivity contribution in [2.75, 3.05) is 13.1 Å². The van der Waals surface area contributed by atoms with E-state index in [1.807, 2.05) is 30.6 Å². The molecule has 0 aliphatic carbocycles. The van der Waals surface area contributed by atoms with E-state index < -0.39 is 0 Å². The molecule has 1 atom stereocenters. The van der Waals surface area contributed by atoms with Gasteiger partial charge in [-0.15, -0.1) is 0 Å². The van der Waals surface area contributed by atoms with Crippen LogP contribution < -0.4 is 0 Å². The summed E-state index contributed by atoms with van der Waals surface area (Å²) in [4.78, 5) is 26.0.